The summed E-state index contributed by atoms with van der Waals surface area (Å²) in [6.45, 7) is 3.84. The van der Waals surface area contributed by atoms with Crippen molar-refractivity contribution in [1.29, 1.82) is 0 Å². The lowest BCUT2D eigenvalue weighted by Gasteiger charge is -2.05. The number of nitrogens with zero attached hydrogens (tertiary/aromatic N) is 4. The van der Waals surface area contributed by atoms with Crippen molar-refractivity contribution in [1.82, 2.24) is 19.6 Å². The Morgan fingerprint density at radius 3 is 2.54 bits per heavy atom. The minimum atomic E-state index is -1.05. The van der Waals surface area contributed by atoms with Crippen molar-refractivity contribution in [3.05, 3.63) is 59.4 Å². The molecule has 1 aromatic carbocycles. The lowest BCUT2D eigenvalue weighted by atomic mass is 10.1. The van der Waals surface area contributed by atoms with Gasteiger partial charge in [0.2, 0.25) is 0 Å². The Morgan fingerprint density at radius 2 is 1.83 bits per heavy atom. The molecule has 3 heterocycles. The standard InChI is InChI=1S/C18H14N4O2/c1-10-8-11(2)19-16-15(10)17-20-13(12-6-4-3-5-7-12)9-14(18(23)24)22(17)21-16/h3-9H,1-2H3,(H,23,24). The second kappa shape index (κ2) is 5.13. The minimum Gasteiger partial charge on any atom is -0.477 e. The number of rotatable bonds is 2. The molecule has 4 rings (SSSR count). The highest BCUT2D eigenvalue weighted by Crippen LogP contribution is 2.26. The molecule has 0 aliphatic carbocycles. The fourth-order valence-electron chi connectivity index (χ4n) is 2.93. The third-order valence-corrected chi connectivity index (χ3v) is 3.96. The number of fused-ring (bicyclic) bond motifs is 3. The van der Waals surface area contributed by atoms with Crippen molar-refractivity contribution in [3.8, 4) is 11.3 Å². The van der Waals surface area contributed by atoms with Gasteiger partial charge in [0.1, 0.15) is 0 Å². The minimum absolute atomic E-state index is 0.0638. The van der Waals surface area contributed by atoms with Crippen LogP contribution in [0.3, 0.4) is 0 Å². The molecule has 0 saturated heterocycles. The summed E-state index contributed by atoms with van der Waals surface area (Å²) >= 11 is 0. The number of aromatic nitrogens is 4. The van der Waals surface area contributed by atoms with E-state index in [1.54, 1.807) is 6.07 Å². The molecule has 0 saturated carbocycles. The summed E-state index contributed by atoms with van der Waals surface area (Å²) in [6.07, 6.45) is 0. The highest BCUT2D eigenvalue weighted by Gasteiger charge is 2.19. The Bertz CT molecular complexity index is 1100. The van der Waals surface area contributed by atoms with Gasteiger partial charge in [0.05, 0.1) is 11.1 Å². The van der Waals surface area contributed by atoms with Crippen LogP contribution in [0.1, 0.15) is 21.7 Å². The maximum Gasteiger partial charge on any atom is 0.354 e. The molecular formula is C18H14N4O2. The van der Waals surface area contributed by atoms with Crippen LogP contribution in [-0.4, -0.2) is 30.7 Å². The first kappa shape index (κ1) is 14.3. The average molecular weight is 318 g/mol. The van der Waals surface area contributed by atoms with Crippen LogP contribution in [0.5, 0.6) is 0 Å². The molecule has 0 radical (unpaired) electrons. The van der Waals surface area contributed by atoms with Gasteiger partial charge in [0, 0.05) is 11.3 Å². The molecule has 0 fully saturated rings. The highest BCUT2D eigenvalue weighted by molar-refractivity contribution is 5.96. The maximum absolute atomic E-state index is 11.7. The van der Waals surface area contributed by atoms with Gasteiger partial charge in [-0.25, -0.2) is 19.3 Å². The van der Waals surface area contributed by atoms with Crippen molar-refractivity contribution in [2.24, 2.45) is 0 Å². The average Bonchev–Trinajstić information content (AvgIpc) is 2.92. The summed E-state index contributed by atoms with van der Waals surface area (Å²) in [6, 6.07) is 13.0. The lowest BCUT2D eigenvalue weighted by Crippen LogP contribution is -2.08. The molecular weight excluding hydrogens is 304 g/mol. The van der Waals surface area contributed by atoms with E-state index in [1.165, 1.54) is 4.52 Å². The predicted octanol–water partition coefficient (Wildman–Crippen LogP) is 3.26. The van der Waals surface area contributed by atoms with E-state index < -0.39 is 5.97 Å². The van der Waals surface area contributed by atoms with Crippen LogP contribution in [0.15, 0.2) is 42.5 Å². The summed E-state index contributed by atoms with van der Waals surface area (Å²) in [5.74, 6) is -1.05. The van der Waals surface area contributed by atoms with Gasteiger partial charge >= 0.3 is 5.97 Å². The number of hydrogen-bond acceptors (Lipinski definition) is 4. The SMILES string of the molecule is Cc1cc(C)c2c(n1)nn1c(C(=O)O)cc(-c3ccccc3)nc21. The molecule has 0 spiro atoms. The monoisotopic (exact) mass is 318 g/mol. The number of aromatic carboxylic acids is 1. The van der Waals surface area contributed by atoms with E-state index in [-0.39, 0.29) is 5.69 Å². The molecule has 0 bridgehead atoms. The van der Waals surface area contributed by atoms with Gasteiger partial charge in [-0.3, -0.25) is 0 Å². The van der Waals surface area contributed by atoms with Crippen molar-refractivity contribution in [2.75, 3.05) is 0 Å². The van der Waals surface area contributed by atoms with E-state index in [9.17, 15) is 9.90 Å². The summed E-state index contributed by atoms with van der Waals surface area (Å²) < 4.78 is 1.36. The normalized spacial score (nSPS) is 11.2. The van der Waals surface area contributed by atoms with Crippen LogP contribution in [-0.2, 0) is 0 Å². The topological polar surface area (TPSA) is 80.4 Å². The summed E-state index contributed by atoms with van der Waals surface area (Å²) in [7, 11) is 0. The Kier molecular flexibility index (Phi) is 3.06. The van der Waals surface area contributed by atoms with Crippen LogP contribution in [0.25, 0.3) is 27.9 Å². The van der Waals surface area contributed by atoms with Gasteiger partial charge in [-0.1, -0.05) is 30.3 Å². The molecule has 0 aliphatic heterocycles. The number of carbonyl (C=O) groups is 1. The van der Waals surface area contributed by atoms with Gasteiger partial charge in [0.25, 0.3) is 0 Å². The smallest absolute Gasteiger partial charge is 0.354 e. The molecule has 4 aromatic rings. The van der Waals surface area contributed by atoms with Crippen molar-refractivity contribution < 1.29 is 9.90 Å². The fraction of sp³-hybridized carbons (Fsp3) is 0.111. The van der Waals surface area contributed by atoms with E-state index in [0.717, 1.165) is 22.2 Å². The van der Waals surface area contributed by atoms with E-state index in [2.05, 4.69) is 15.1 Å². The first-order valence-corrected chi connectivity index (χ1v) is 7.51. The quantitative estimate of drug-likeness (QED) is 0.613. The van der Waals surface area contributed by atoms with Gasteiger partial charge in [-0.05, 0) is 31.5 Å². The van der Waals surface area contributed by atoms with Crippen molar-refractivity contribution in [3.63, 3.8) is 0 Å². The Balaban J connectivity index is 2.15. The molecule has 6 heteroatoms. The zero-order valence-electron chi connectivity index (χ0n) is 13.2. The zero-order chi connectivity index (χ0) is 16.8. The molecule has 1 N–H and O–H groups in total. The number of pyridine rings is 1. The van der Waals surface area contributed by atoms with Gasteiger partial charge in [-0.2, -0.15) is 0 Å². The van der Waals surface area contributed by atoms with Gasteiger partial charge < -0.3 is 5.11 Å². The Hall–Kier alpha value is -3.28. The summed E-state index contributed by atoms with van der Waals surface area (Å²) in [4.78, 5) is 20.8. The van der Waals surface area contributed by atoms with Crippen LogP contribution in [0, 0.1) is 13.8 Å². The third-order valence-electron chi connectivity index (χ3n) is 3.96. The first-order valence-electron chi connectivity index (χ1n) is 7.51. The maximum atomic E-state index is 11.7. The van der Waals surface area contributed by atoms with E-state index in [1.807, 2.05) is 50.2 Å². The summed E-state index contributed by atoms with van der Waals surface area (Å²) in [5.41, 5.74) is 4.34. The largest absolute Gasteiger partial charge is 0.477 e. The number of benzene rings is 1. The fourth-order valence-corrected chi connectivity index (χ4v) is 2.93. The van der Waals surface area contributed by atoms with Crippen LogP contribution in [0.4, 0.5) is 0 Å². The Morgan fingerprint density at radius 1 is 1.08 bits per heavy atom. The molecule has 24 heavy (non-hydrogen) atoms. The highest BCUT2D eigenvalue weighted by atomic mass is 16.4. The molecule has 0 amide bonds. The third kappa shape index (κ3) is 2.11. The molecule has 118 valence electrons. The van der Waals surface area contributed by atoms with E-state index in [0.29, 0.717) is 17.0 Å². The van der Waals surface area contributed by atoms with Crippen molar-refractivity contribution >= 4 is 22.6 Å². The molecule has 0 atom stereocenters. The zero-order valence-corrected chi connectivity index (χ0v) is 13.2. The Labute approximate surface area is 137 Å². The lowest BCUT2D eigenvalue weighted by molar-refractivity contribution is 0.0687. The van der Waals surface area contributed by atoms with Crippen molar-refractivity contribution in [2.45, 2.75) is 13.8 Å². The molecule has 0 unspecified atom stereocenters. The van der Waals surface area contributed by atoms with E-state index in [4.69, 9.17) is 0 Å². The number of carboxylic acid groups (broad SMARTS) is 1. The van der Waals surface area contributed by atoms with Crippen LogP contribution >= 0.6 is 0 Å². The van der Waals surface area contributed by atoms with E-state index >= 15 is 0 Å². The first-order chi connectivity index (χ1) is 11.5. The number of aryl methyl sites for hydroxylation is 2. The second-order valence-corrected chi connectivity index (χ2v) is 5.71. The molecule has 6 nitrogen and oxygen atoms in total. The number of carboxylic acids is 1. The molecule has 3 aromatic heterocycles. The van der Waals surface area contributed by atoms with Gasteiger partial charge in [0.15, 0.2) is 17.0 Å². The van der Waals surface area contributed by atoms with Crippen LogP contribution in [0.2, 0.25) is 0 Å². The predicted molar refractivity (Wildman–Crippen MR) is 90.2 cm³/mol. The van der Waals surface area contributed by atoms with Crippen LogP contribution < -0.4 is 0 Å². The summed E-state index contributed by atoms with van der Waals surface area (Å²) in [5, 5.41) is 14.7. The second-order valence-electron chi connectivity index (χ2n) is 5.71. The van der Waals surface area contributed by atoms with Gasteiger partial charge in [-0.15, -0.1) is 5.10 Å². The molecule has 0 aliphatic rings. The number of hydrogen-bond donors (Lipinski definition) is 1.